The summed E-state index contributed by atoms with van der Waals surface area (Å²) >= 11 is 0. The van der Waals surface area contributed by atoms with E-state index in [0.717, 1.165) is 31.5 Å². The third-order valence-corrected chi connectivity index (χ3v) is 4.01. The summed E-state index contributed by atoms with van der Waals surface area (Å²) in [6, 6.07) is 3.39. The minimum absolute atomic E-state index is 0.0986. The number of anilines is 1. The zero-order valence-electron chi connectivity index (χ0n) is 13.5. The average molecular weight is 304 g/mol. The Bertz CT molecular complexity index is 541. The van der Waals surface area contributed by atoms with Crippen LogP contribution in [0.15, 0.2) is 18.3 Å². The maximum Gasteiger partial charge on any atom is 0.239 e. The van der Waals surface area contributed by atoms with Gasteiger partial charge in [0.25, 0.3) is 0 Å². The monoisotopic (exact) mass is 304 g/mol. The molecule has 1 aliphatic heterocycles. The van der Waals surface area contributed by atoms with Crippen molar-refractivity contribution in [3.63, 3.8) is 0 Å². The molecule has 1 aromatic rings. The third kappa shape index (κ3) is 4.27. The Hall–Kier alpha value is -1.95. The van der Waals surface area contributed by atoms with Gasteiger partial charge in [-0.15, -0.1) is 0 Å². The molecule has 6 heteroatoms. The number of hydrogen-bond acceptors (Lipinski definition) is 4. The lowest BCUT2D eigenvalue weighted by Crippen LogP contribution is -2.46. The van der Waals surface area contributed by atoms with Crippen LogP contribution in [0.3, 0.4) is 0 Å². The van der Waals surface area contributed by atoms with E-state index in [4.69, 9.17) is 0 Å². The summed E-state index contributed by atoms with van der Waals surface area (Å²) in [5, 5.41) is 2.76. The number of aromatic nitrogens is 1. The van der Waals surface area contributed by atoms with Gasteiger partial charge in [0.15, 0.2) is 0 Å². The van der Waals surface area contributed by atoms with Crippen molar-refractivity contribution in [2.75, 3.05) is 32.0 Å². The lowest BCUT2D eigenvalue weighted by molar-refractivity contribution is -0.135. The molecule has 1 aromatic heterocycles. The molecule has 0 aliphatic carbocycles. The Balaban J connectivity index is 1.86. The van der Waals surface area contributed by atoms with Crippen molar-refractivity contribution in [1.29, 1.82) is 0 Å². The number of amides is 2. The fourth-order valence-corrected chi connectivity index (χ4v) is 2.54. The summed E-state index contributed by atoms with van der Waals surface area (Å²) in [5.74, 6) is 0.472. The van der Waals surface area contributed by atoms with Gasteiger partial charge in [-0.25, -0.2) is 4.98 Å². The molecule has 2 amide bonds. The molecular weight excluding hydrogens is 280 g/mol. The predicted octanol–water partition coefficient (Wildman–Crippen LogP) is 1.27. The van der Waals surface area contributed by atoms with Gasteiger partial charge in [-0.1, -0.05) is 0 Å². The molecule has 1 N–H and O–H groups in total. The summed E-state index contributed by atoms with van der Waals surface area (Å²) in [5.41, 5.74) is 1.04. The molecule has 1 atom stereocenters. The largest absolute Gasteiger partial charge is 0.341 e. The van der Waals surface area contributed by atoms with Gasteiger partial charge in [0.05, 0.1) is 12.6 Å². The Kier molecular flexibility index (Phi) is 5.49. The quantitative estimate of drug-likeness (QED) is 0.890. The van der Waals surface area contributed by atoms with E-state index in [1.807, 2.05) is 30.9 Å². The molecule has 6 nitrogen and oxygen atoms in total. The Labute approximate surface area is 131 Å². The first-order valence-corrected chi connectivity index (χ1v) is 7.69. The summed E-state index contributed by atoms with van der Waals surface area (Å²) in [7, 11) is 1.79. The number of likely N-dealkylation sites (N-methyl/N-ethyl adjacent to an activating group) is 1. The van der Waals surface area contributed by atoms with Gasteiger partial charge < -0.3 is 10.2 Å². The molecule has 22 heavy (non-hydrogen) atoms. The molecule has 1 aliphatic rings. The van der Waals surface area contributed by atoms with E-state index >= 15 is 0 Å². The second-order valence-electron chi connectivity index (χ2n) is 5.89. The molecule has 2 rings (SSSR count). The maximum atomic E-state index is 12.3. The molecule has 1 saturated heterocycles. The molecule has 0 radical (unpaired) electrons. The average Bonchev–Trinajstić information content (AvgIpc) is 2.99. The minimum atomic E-state index is -0.297. The van der Waals surface area contributed by atoms with Crippen LogP contribution in [0.1, 0.15) is 25.3 Å². The Morgan fingerprint density at radius 3 is 2.73 bits per heavy atom. The molecule has 0 spiro atoms. The number of carbonyl (C=O) groups excluding carboxylic acids is 2. The lowest BCUT2D eigenvalue weighted by Gasteiger charge is -2.27. The summed E-state index contributed by atoms with van der Waals surface area (Å²) in [6.07, 6.45) is 3.80. The highest BCUT2D eigenvalue weighted by Gasteiger charge is 2.26. The number of nitrogens with zero attached hydrogens (tertiary/aromatic N) is 3. The number of nitrogens with one attached hydrogen (secondary N) is 1. The van der Waals surface area contributed by atoms with E-state index in [1.54, 1.807) is 18.1 Å². The molecule has 1 unspecified atom stereocenters. The highest BCUT2D eigenvalue weighted by atomic mass is 16.2. The fraction of sp³-hybridized carbons (Fsp3) is 0.562. The molecule has 2 heterocycles. The normalized spacial score (nSPS) is 15.9. The topological polar surface area (TPSA) is 65.5 Å². The standard InChI is InChI=1S/C16H24N4O2/c1-12-6-7-17-14(10-12)18-15(21)11-19(3)13(2)16(22)20-8-4-5-9-20/h6-7,10,13H,4-5,8-9,11H2,1-3H3,(H,17,18,21). The Morgan fingerprint density at radius 1 is 1.41 bits per heavy atom. The van der Waals surface area contributed by atoms with Crippen LogP contribution in [0.4, 0.5) is 5.82 Å². The number of carbonyl (C=O) groups is 2. The second kappa shape index (κ2) is 7.35. The first-order chi connectivity index (χ1) is 10.5. The van der Waals surface area contributed by atoms with Crippen molar-refractivity contribution in [1.82, 2.24) is 14.8 Å². The molecular formula is C16H24N4O2. The summed E-state index contributed by atoms with van der Waals surface area (Å²) < 4.78 is 0. The molecule has 120 valence electrons. The SMILES string of the molecule is Cc1ccnc(NC(=O)CN(C)C(C)C(=O)N2CCCC2)c1. The zero-order valence-corrected chi connectivity index (χ0v) is 13.5. The number of aryl methyl sites for hydroxylation is 1. The van der Waals surface area contributed by atoms with E-state index in [9.17, 15) is 9.59 Å². The van der Waals surface area contributed by atoms with Gasteiger partial charge in [-0.05, 0) is 51.4 Å². The van der Waals surface area contributed by atoms with Gasteiger partial charge in [0.1, 0.15) is 5.82 Å². The van der Waals surface area contributed by atoms with Gasteiger partial charge in [0.2, 0.25) is 11.8 Å². The number of rotatable bonds is 5. The third-order valence-electron chi connectivity index (χ3n) is 4.01. The van der Waals surface area contributed by atoms with E-state index in [1.165, 1.54) is 0 Å². The van der Waals surface area contributed by atoms with Crippen LogP contribution >= 0.6 is 0 Å². The zero-order chi connectivity index (χ0) is 16.1. The van der Waals surface area contributed by atoms with E-state index in [-0.39, 0.29) is 24.4 Å². The highest BCUT2D eigenvalue weighted by Crippen LogP contribution is 2.11. The number of pyridine rings is 1. The molecule has 0 saturated carbocycles. The number of likely N-dealkylation sites (tertiary alicyclic amines) is 1. The van der Waals surface area contributed by atoms with Crippen LogP contribution in [-0.2, 0) is 9.59 Å². The molecule has 0 bridgehead atoms. The highest BCUT2D eigenvalue weighted by molar-refractivity contribution is 5.92. The van der Waals surface area contributed by atoms with Gasteiger partial charge in [0, 0.05) is 19.3 Å². The first-order valence-electron chi connectivity index (χ1n) is 7.69. The summed E-state index contributed by atoms with van der Waals surface area (Å²) in [6.45, 7) is 5.61. The van der Waals surface area contributed by atoms with Crippen molar-refractivity contribution < 1.29 is 9.59 Å². The van der Waals surface area contributed by atoms with Gasteiger partial charge in [-0.3, -0.25) is 14.5 Å². The Morgan fingerprint density at radius 2 is 2.09 bits per heavy atom. The van der Waals surface area contributed by atoms with E-state index in [2.05, 4.69) is 10.3 Å². The predicted molar refractivity (Wildman–Crippen MR) is 85.5 cm³/mol. The van der Waals surface area contributed by atoms with Crippen molar-refractivity contribution in [3.8, 4) is 0 Å². The van der Waals surface area contributed by atoms with Crippen LogP contribution in [-0.4, -0.2) is 59.3 Å². The van der Waals surface area contributed by atoms with E-state index < -0.39 is 0 Å². The van der Waals surface area contributed by atoms with Crippen LogP contribution < -0.4 is 5.32 Å². The van der Waals surface area contributed by atoms with Crippen LogP contribution in [0.5, 0.6) is 0 Å². The minimum Gasteiger partial charge on any atom is -0.341 e. The van der Waals surface area contributed by atoms with Crippen molar-refractivity contribution >= 4 is 17.6 Å². The van der Waals surface area contributed by atoms with Gasteiger partial charge in [-0.2, -0.15) is 0 Å². The maximum absolute atomic E-state index is 12.3. The van der Waals surface area contributed by atoms with Crippen LogP contribution in [0.25, 0.3) is 0 Å². The molecule has 0 aromatic carbocycles. The van der Waals surface area contributed by atoms with Crippen LogP contribution in [0, 0.1) is 6.92 Å². The second-order valence-corrected chi connectivity index (χ2v) is 5.89. The van der Waals surface area contributed by atoms with Crippen molar-refractivity contribution in [2.24, 2.45) is 0 Å². The van der Waals surface area contributed by atoms with Crippen molar-refractivity contribution in [2.45, 2.75) is 32.7 Å². The molecule has 1 fully saturated rings. The number of hydrogen-bond donors (Lipinski definition) is 1. The van der Waals surface area contributed by atoms with Crippen LogP contribution in [0.2, 0.25) is 0 Å². The fourth-order valence-electron chi connectivity index (χ4n) is 2.54. The van der Waals surface area contributed by atoms with E-state index in [0.29, 0.717) is 5.82 Å². The lowest BCUT2D eigenvalue weighted by atomic mass is 10.2. The van der Waals surface area contributed by atoms with Crippen molar-refractivity contribution in [3.05, 3.63) is 23.9 Å². The van der Waals surface area contributed by atoms with Gasteiger partial charge >= 0.3 is 0 Å². The summed E-state index contributed by atoms with van der Waals surface area (Å²) in [4.78, 5) is 32.1. The first kappa shape index (κ1) is 16.4. The smallest absolute Gasteiger partial charge is 0.239 e.